The Hall–Kier alpha value is -4.34. The van der Waals surface area contributed by atoms with Crippen LogP contribution in [0.2, 0.25) is 0 Å². The molecule has 0 aliphatic carbocycles. The summed E-state index contributed by atoms with van der Waals surface area (Å²) >= 11 is 0. The Morgan fingerprint density at radius 3 is 2.56 bits per heavy atom. The number of anilines is 1. The van der Waals surface area contributed by atoms with E-state index in [0.29, 0.717) is 24.0 Å². The number of hydrazone groups is 1. The van der Waals surface area contributed by atoms with E-state index in [2.05, 4.69) is 20.5 Å². The smallest absolute Gasteiger partial charge is 0.329 e. The van der Waals surface area contributed by atoms with Crippen molar-refractivity contribution < 1.29 is 9.47 Å². The van der Waals surface area contributed by atoms with Crippen molar-refractivity contribution in [3.8, 4) is 11.5 Å². The van der Waals surface area contributed by atoms with Crippen LogP contribution in [0.25, 0.3) is 11.2 Å². The van der Waals surface area contributed by atoms with Gasteiger partial charge in [0.15, 0.2) is 22.7 Å². The number of hydrogen-bond acceptors (Lipinski definition) is 7. The fourth-order valence-electron chi connectivity index (χ4n) is 3.34. The molecular formula is C22H22N6O4. The van der Waals surface area contributed by atoms with Gasteiger partial charge in [-0.25, -0.2) is 10.2 Å². The fourth-order valence-corrected chi connectivity index (χ4v) is 3.34. The molecule has 2 heterocycles. The van der Waals surface area contributed by atoms with Gasteiger partial charge in [-0.15, -0.1) is 0 Å². The Bertz CT molecular complexity index is 1400. The summed E-state index contributed by atoms with van der Waals surface area (Å²) in [4.78, 5) is 31.4. The van der Waals surface area contributed by atoms with E-state index in [-0.39, 0.29) is 11.2 Å². The first-order valence-electron chi connectivity index (χ1n) is 9.76. The number of nitrogens with zero attached hydrogens (tertiary/aromatic N) is 4. The van der Waals surface area contributed by atoms with Crippen molar-refractivity contribution in [1.82, 2.24) is 19.1 Å². The first-order chi connectivity index (χ1) is 15.5. The van der Waals surface area contributed by atoms with E-state index in [0.717, 1.165) is 11.1 Å². The predicted molar refractivity (Wildman–Crippen MR) is 122 cm³/mol. The summed E-state index contributed by atoms with van der Waals surface area (Å²) in [5.74, 6) is 1.52. The minimum Gasteiger partial charge on any atom is -0.493 e. The molecule has 2 N–H and O–H groups in total. The van der Waals surface area contributed by atoms with Crippen molar-refractivity contribution in [3.63, 3.8) is 0 Å². The zero-order valence-corrected chi connectivity index (χ0v) is 17.8. The Morgan fingerprint density at radius 1 is 1.09 bits per heavy atom. The number of imidazole rings is 1. The number of aryl methyl sites for hydroxylation is 1. The molecule has 0 radical (unpaired) electrons. The molecule has 2 aromatic carbocycles. The van der Waals surface area contributed by atoms with Gasteiger partial charge in [-0.05, 0) is 29.3 Å². The van der Waals surface area contributed by atoms with Crippen LogP contribution in [0.4, 0.5) is 5.95 Å². The standard InChI is InChI=1S/C22H22N6O4/c1-27-19-18(20(29)25-22(27)30)28(13-14-7-5-4-6-8-14)21(24-19)26-23-12-15-9-10-16(31-2)17(11-15)32-3/h4-12H,13H2,1-3H3,(H,24,26)(H,25,29,30)/b23-12+. The lowest BCUT2D eigenvalue weighted by Crippen LogP contribution is -2.29. The molecule has 2 aromatic heterocycles. The van der Waals surface area contributed by atoms with E-state index in [1.807, 2.05) is 36.4 Å². The van der Waals surface area contributed by atoms with E-state index < -0.39 is 11.2 Å². The van der Waals surface area contributed by atoms with Crippen molar-refractivity contribution in [2.24, 2.45) is 12.1 Å². The second kappa shape index (κ2) is 8.80. The molecule has 32 heavy (non-hydrogen) atoms. The average molecular weight is 434 g/mol. The van der Waals surface area contributed by atoms with Gasteiger partial charge in [-0.2, -0.15) is 10.1 Å². The number of aromatic nitrogens is 4. The topological polar surface area (TPSA) is 116 Å². The van der Waals surface area contributed by atoms with Crippen LogP contribution < -0.4 is 26.1 Å². The molecule has 0 saturated carbocycles. The maximum atomic E-state index is 12.6. The minimum absolute atomic E-state index is 0.262. The normalized spacial score (nSPS) is 11.2. The lowest BCUT2D eigenvalue weighted by Gasteiger charge is -2.09. The predicted octanol–water partition coefficient (Wildman–Crippen LogP) is 1.93. The number of rotatable bonds is 7. The van der Waals surface area contributed by atoms with Crippen molar-refractivity contribution in [2.45, 2.75) is 6.54 Å². The second-order valence-corrected chi connectivity index (χ2v) is 6.98. The summed E-state index contributed by atoms with van der Waals surface area (Å²) < 4.78 is 13.5. The summed E-state index contributed by atoms with van der Waals surface area (Å²) in [6.07, 6.45) is 1.59. The van der Waals surface area contributed by atoms with Gasteiger partial charge in [0, 0.05) is 7.05 Å². The van der Waals surface area contributed by atoms with Crippen LogP contribution in [0, 0.1) is 0 Å². The molecular weight excluding hydrogens is 412 g/mol. The zero-order valence-electron chi connectivity index (χ0n) is 17.8. The van der Waals surface area contributed by atoms with Gasteiger partial charge in [-0.1, -0.05) is 30.3 Å². The molecule has 0 fully saturated rings. The Labute approximate surface area is 182 Å². The van der Waals surface area contributed by atoms with E-state index in [4.69, 9.17) is 9.47 Å². The van der Waals surface area contributed by atoms with Gasteiger partial charge in [-0.3, -0.25) is 18.9 Å². The molecule has 0 atom stereocenters. The maximum Gasteiger partial charge on any atom is 0.329 e. The highest BCUT2D eigenvalue weighted by Crippen LogP contribution is 2.27. The van der Waals surface area contributed by atoms with Gasteiger partial charge >= 0.3 is 5.69 Å². The third-order valence-corrected chi connectivity index (χ3v) is 4.98. The number of benzene rings is 2. The summed E-state index contributed by atoms with van der Waals surface area (Å²) in [5, 5.41) is 4.27. The molecule has 4 rings (SSSR count). The highest BCUT2D eigenvalue weighted by Gasteiger charge is 2.17. The molecule has 0 aliphatic heterocycles. The summed E-state index contributed by atoms with van der Waals surface area (Å²) in [6.45, 7) is 0.368. The average Bonchev–Trinajstić information content (AvgIpc) is 3.16. The van der Waals surface area contributed by atoms with Gasteiger partial charge in [0.1, 0.15) is 0 Å². The van der Waals surface area contributed by atoms with E-state index in [1.165, 1.54) is 4.57 Å². The van der Waals surface area contributed by atoms with Crippen LogP contribution in [0.5, 0.6) is 11.5 Å². The minimum atomic E-state index is -0.535. The third-order valence-electron chi connectivity index (χ3n) is 4.98. The largest absolute Gasteiger partial charge is 0.493 e. The number of nitrogens with one attached hydrogen (secondary N) is 2. The van der Waals surface area contributed by atoms with Crippen molar-refractivity contribution in [1.29, 1.82) is 0 Å². The molecule has 0 spiro atoms. The molecule has 0 saturated heterocycles. The van der Waals surface area contributed by atoms with Crippen LogP contribution in [-0.2, 0) is 13.6 Å². The molecule has 0 bridgehead atoms. The van der Waals surface area contributed by atoms with Gasteiger partial charge < -0.3 is 9.47 Å². The van der Waals surface area contributed by atoms with E-state index >= 15 is 0 Å². The Kier molecular flexibility index (Phi) is 5.75. The maximum absolute atomic E-state index is 12.6. The number of aromatic amines is 1. The SMILES string of the molecule is COc1ccc(/C=N/Nc2nc3c(c(=O)[nH]c(=O)n3C)n2Cc2ccccc2)cc1OC. The Balaban J connectivity index is 1.73. The molecule has 10 heteroatoms. The first-order valence-corrected chi connectivity index (χ1v) is 9.76. The van der Waals surface area contributed by atoms with Crippen LogP contribution >= 0.6 is 0 Å². The molecule has 0 amide bonds. The summed E-state index contributed by atoms with van der Waals surface area (Å²) in [7, 11) is 4.68. The molecule has 10 nitrogen and oxygen atoms in total. The lowest BCUT2D eigenvalue weighted by atomic mass is 10.2. The molecule has 0 unspecified atom stereocenters. The molecule has 0 aliphatic rings. The summed E-state index contributed by atoms with van der Waals surface area (Å²) in [6, 6.07) is 15.0. The summed E-state index contributed by atoms with van der Waals surface area (Å²) in [5.41, 5.74) is 4.12. The van der Waals surface area contributed by atoms with Crippen molar-refractivity contribution in [2.75, 3.05) is 19.6 Å². The number of H-pyrrole nitrogens is 1. The van der Waals surface area contributed by atoms with Crippen LogP contribution in [0.3, 0.4) is 0 Å². The quantitative estimate of drug-likeness (QED) is 0.339. The number of methoxy groups -OCH3 is 2. The second-order valence-electron chi connectivity index (χ2n) is 6.98. The van der Waals surface area contributed by atoms with Gasteiger partial charge in [0.05, 0.1) is 27.0 Å². The molecule has 164 valence electrons. The number of fused-ring (bicyclic) bond motifs is 1. The van der Waals surface area contributed by atoms with Gasteiger partial charge in [0.2, 0.25) is 5.95 Å². The van der Waals surface area contributed by atoms with E-state index in [9.17, 15) is 9.59 Å². The first kappa shape index (κ1) is 20.9. The lowest BCUT2D eigenvalue weighted by molar-refractivity contribution is 0.355. The number of hydrogen-bond donors (Lipinski definition) is 2. The Morgan fingerprint density at radius 2 is 1.84 bits per heavy atom. The third kappa shape index (κ3) is 3.97. The number of ether oxygens (including phenoxy) is 2. The van der Waals surface area contributed by atoms with Crippen LogP contribution in [0.15, 0.2) is 63.2 Å². The van der Waals surface area contributed by atoms with Crippen LogP contribution in [0.1, 0.15) is 11.1 Å². The highest BCUT2D eigenvalue weighted by molar-refractivity contribution is 5.82. The van der Waals surface area contributed by atoms with Crippen molar-refractivity contribution in [3.05, 3.63) is 80.5 Å². The van der Waals surface area contributed by atoms with Crippen LogP contribution in [-0.4, -0.2) is 39.5 Å². The van der Waals surface area contributed by atoms with E-state index in [1.54, 1.807) is 44.2 Å². The monoisotopic (exact) mass is 434 g/mol. The zero-order chi connectivity index (χ0) is 22.7. The fraction of sp³-hybridized carbons (Fsp3) is 0.182. The van der Waals surface area contributed by atoms with Gasteiger partial charge in [0.25, 0.3) is 5.56 Å². The highest BCUT2D eigenvalue weighted by atomic mass is 16.5. The van der Waals surface area contributed by atoms with Crippen molar-refractivity contribution >= 4 is 23.3 Å². The molecule has 4 aromatic rings.